The van der Waals surface area contributed by atoms with E-state index in [1.807, 2.05) is 12.1 Å². The first-order valence-corrected chi connectivity index (χ1v) is 7.28. The molecule has 0 atom stereocenters. The smallest absolute Gasteiger partial charge is 0.168 e. The molecule has 1 heterocycles. The van der Waals surface area contributed by atoms with E-state index >= 15 is 0 Å². The Morgan fingerprint density at radius 1 is 0.950 bits per heavy atom. The molecular formula is C16H22FNO2. The molecule has 1 aromatic rings. The molecule has 4 heteroatoms. The fourth-order valence-electron chi connectivity index (χ4n) is 3.58. The van der Waals surface area contributed by atoms with Gasteiger partial charge in [-0.15, -0.1) is 0 Å². The molecule has 1 aliphatic carbocycles. The van der Waals surface area contributed by atoms with Crippen molar-refractivity contribution in [3.8, 4) is 0 Å². The highest BCUT2D eigenvalue weighted by molar-refractivity contribution is 5.26. The minimum atomic E-state index is -0.362. The van der Waals surface area contributed by atoms with Gasteiger partial charge in [0, 0.05) is 18.4 Å². The number of hydrogen-bond donors (Lipinski definition) is 0. The average molecular weight is 279 g/mol. The highest BCUT2D eigenvalue weighted by Crippen LogP contribution is 2.47. The molecule has 0 bridgehead atoms. The normalized spacial score (nSPS) is 24.4. The van der Waals surface area contributed by atoms with Gasteiger partial charge < -0.3 is 9.47 Å². The molecule has 0 radical (unpaired) electrons. The Kier molecular flexibility index (Phi) is 3.56. The Morgan fingerprint density at radius 2 is 1.50 bits per heavy atom. The number of nitrogens with zero attached hydrogens (tertiary/aromatic N) is 1. The number of rotatable bonds is 2. The Balaban J connectivity index is 1.85. The maximum atomic E-state index is 13.2. The molecule has 1 saturated carbocycles. The summed E-state index contributed by atoms with van der Waals surface area (Å²) in [4.78, 5) is 2.25. The van der Waals surface area contributed by atoms with Crippen LogP contribution in [0.15, 0.2) is 24.3 Å². The van der Waals surface area contributed by atoms with Crippen LogP contribution in [0.25, 0.3) is 0 Å². The lowest BCUT2D eigenvalue weighted by molar-refractivity contribution is -0.193. The lowest BCUT2D eigenvalue weighted by atomic mass is 9.73. The summed E-state index contributed by atoms with van der Waals surface area (Å²) >= 11 is 0. The molecule has 1 spiro atoms. The van der Waals surface area contributed by atoms with Crippen molar-refractivity contribution in [3.05, 3.63) is 35.6 Å². The van der Waals surface area contributed by atoms with Gasteiger partial charge in [0.15, 0.2) is 5.79 Å². The van der Waals surface area contributed by atoms with E-state index < -0.39 is 0 Å². The molecule has 1 saturated heterocycles. The fourth-order valence-corrected chi connectivity index (χ4v) is 3.58. The Morgan fingerprint density at radius 3 is 2.00 bits per heavy atom. The van der Waals surface area contributed by atoms with Gasteiger partial charge in [0.25, 0.3) is 0 Å². The molecule has 0 unspecified atom stereocenters. The third kappa shape index (κ3) is 2.26. The van der Waals surface area contributed by atoms with E-state index in [9.17, 15) is 4.39 Å². The standard InChI is InChI=1S/C16H22FNO2/c1-18(2)15(13-3-5-14(17)6-4-13)7-9-16(10-8-15)19-11-12-20-16/h3-6H,7-12H2,1-2H3. The maximum Gasteiger partial charge on any atom is 0.168 e. The average Bonchev–Trinajstić information content (AvgIpc) is 2.89. The second-order valence-electron chi connectivity index (χ2n) is 6.04. The van der Waals surface area contributed by atoms with Gasteiger partial charge in [0.1, 0.15) is 5.82 Å². The van der Waals surface area contributed by atoms with Gasteiger partial charge in [-0.3, -0.25) is 4.90 Å². The summed E-state index contributed by atoms with van der Waals surface area (Å²) < 4.78 is 24.8. The molecule has 1 aromatic carbocycles. The minimum Gasteiger partial charge on any atom is -0.348 e. The van der Waals surface area contributed by atoms with Crippen LogP contribution in [0.2, 0.25) is 0 Å². The molecular weight excluding hydrogens is 257 g/mol. The number of hydrogen-bond acceptors (Lipinski definition) is 3. The Hall–Kier alpha value is -0.970. The topological polar surface area (TPSA) is 21.7 Å². The van der Waals surface area contributed by atoms with Gasteiger partial charge in [-0.05, 0) is 44.6 Å². The van der Waals surface area contributed by atoms with Crippen LogP contribution in [0.4, 0.5) is 4.39 Å². The molecule has 0 aromatic heterocycles. The Labute approximate surface area is 119 Å². The number of ether oxygens (including phenoxy) is 2. The first-order chi connectivity index (χ1) is 9.56. The third-order valence-corrected chi connectivity index (χ3v) is 4.89. The first-order valence-electron chi connectivity index (χ1n) is 7.28. The summed E-state index contributed by atoms with van der Waals surface area (Å²) in [6, 6.07) is 6.91. The van der Waals surface area contributed by atoms with Crippen molar-refractivity contribution >= 4 is 0 Å². The number of halogens is 1. The van der Waals surface area contributed by atoms with E-state index in [-0.39, 0.29) is 17.1 Å². The maximum absolute atomic E-state index is 13.2. The summed E-state index contributed by atoms with van der Waals surface area (Å²) in [5.41, 5.74) is 1.13. The van der Waals surface area contributed by atoms with E-state index in [4.69, 9.17) is 9.47 Å². The minimum absolute atomic E-state index is 0.0474. The van der Waals surface area contributed by atoms with E-state index in [1.54, 1.807) is 12.1 Å². The van der Waals surface area contributed by atoms with Gasteiger partial charge in [0.05, 0.1) is 13.2 Å². The molecule has 3 rings (SSSR count). The summed E-state index contributed by atoms with van der Waals surface area (Å²) in [6.45, 7) is 1.40. The molecule has 20 heavy (non-hydrogen) atoms. The fraction of sp³-hybridized carbons (Fsp3) is 0.625. The predicted molar refractivity (Wildman–Crippen MR) is 74.9 cm³/mol. The predicted octanol–water partition coefficient (Wildman–Crippen LogP) is 2.90. The molecule has 3 nitrogen and oxygen atoms in total. The molecule has 0 N–H and O–H groups in total. The SMILES string of the molecule is CN(C)C1(c2ccc(F)cc2)CCC2(CC1)OCCO2. The highest BCUT2D eigenvalue weighted by Gasteiger charge is 2.47. The third-order valence-electron chi connectivity index (χ3n) is 4.89. The van der Waals surface area contributed by atoms with Gasteiger partial charge in [-0.1, -0.05) is 12.1 Å². The van der Waals surface area contributed by atoms with Gasteiger partial charge in [-0.25, -0.2) is 4.39 Å². The first kappa shape index (κ1) is 14.0. The van der Waals surface area contributed by atoms with Gasteiger partial charge >= 0.3 is 0 Å². The highest BCUT2D eigenvalue weighted by atomic mass is 19.1. The zero-order chi connectivity index (χ0) is 14.2. The summed E-state index contributed by atoms with van der Waals surface area (Å²) in [5.74, 6) is -0.545. The van der Waals surface area contributed by atoms with Crippen molar-refractivity contribution < 1.29 is 13.9 Å². The van der Waals surface area contributed by atoms with Crippen molar-refractivity contribution in [1.82, 2.24) is 4.90 Å². The van der Waals surface area contributed by atoms with E-state index in [0.29, 0.717) is 13.2 Å². The van der Waals surface area contributed by atoms with Gasteiger partial charge in [0.2, 0.25) is 0 Å². The van der Waals surface area contributed by atoms with Crippen molar-refractivity contribution in [2.45, 2.75) is 37.0 Å². The molecule has 1 aliphatic heterocycles. The van der Waals surface area contributed by atoms with E-state index in [2.05, 4.69) is 19.0 Å². The van der Waals surface area contributed by atoms with Crippen LogP contribution in [0.5, 0.6) is 0 Å². The van der Waals surface area contributed by atoms with Crippen LogP contribution in [-0.4, -0.2) is 38.0 Å². The lowest BCUT2D eigenvalue weighted by Gasteiger charge is -2.48. The van der Waals surface area contributed by atoms with E-state index in [0.717, 1.165) is 25.7 Å². The quantitative estimate of drug-likeness (QED) is 0.831. The van der Waals surface area contributed by atoms with Crippen molar-refractivity contribution in [1.29, 1.82) is 0 Å². The van der Waals surface area contributed by atoms with Crippen molar-refractivity contribution in [2.24, 2.45) is 0 Å². The van der Waals surface area contributed by atoms with Crippen LogP contribution in [-0.2, 0) is 15.0 Å². The van der Waals surface area contributed by atoms with Crippen LogP contribution < -0.4 is 0 Å². The molecule has 2 aliphatic rings. The summed E-state index contributed by atoms with van der Waals surface area (Å²) in [6.07, 6.45) is 3.71. The Bertz CT molecular complexity index is 456. The second-order valence-corrected chi connectivity index (χ2v) is 6.04. The van der Waals surface area contributed by atoms with Crippen molar-refractivity contribution in [2.75, 3.05) is 27.3 Å². The van der Waals surface area contributed by atoms with Crippen LogP contribution >= 0.6 is 0 Å². The van der Waals surface area contributed by atoms with Crippen LogP contribution in [0.1, 0.15) is 31.2 Å². The van der Waals surface area contributed by atoms with Gasteiger partial charge in [-0.2, -0.15) is 0 Å². The summed E-state index contributed by atoms with van der Waals surface area (Å²) in [5, 5.41) is 0. The largest absolute Gasteiger partial charge is 0.348 e. The zero-order valence-corrected chi connectivity index (χ0v) is 12.2. The van der Waals surface area contributed by atoms with Crippen molar-refractivity contribution in [3.63, 3.8) is 0 Å². The van der Waals surface area contributed by atoms with Crippen LogP contribution in [0.3, 0.4) is 0 Å². The second kappa shape index (κ2) is 5.10. The molecule has 0 amide bonds. The summed E-state index contributed by atoms with van der Waals surface area (Å²) in [7, 11) is 4.19. The van der Waals surface area contributed by atoms with E-state index in [1.165, 1.54) is 5.56 Å². The molecule has 110 valence electrons. The zero-order valence-electron chi connectivity index (χ0n) is 12.2. The number of benzene rings is 1. The molecule has 2 fully saturated rings. The van der Waals surface area contributed by atoms with Crippen LogP contribution in [0, 0.1) is 5.82 Å². The lowest BCUT2D eigenvalue weighted by Crippen LogP contribution is -2.49. The monoisotopic (exact) mass is 279 g/mol.